The first-order valence-corrected chi connectivity index (χ1v) is 6.78. The highest BCUT2D eigenvalue weighted by atomic mass is 15.5. The van der Waals surface area contributed by atoms with Gasteiger partial charge in [-0.05, 0) is 40.8 Å². The monoisotopic (exact) mass is 257 g/mol. The lowest BCUT2D eigenvalue weighted by atomic mass is 9.89. The van der Waals surface area contributed by atoms with Gasteiger partial charge in [0.2, 0.25) is 0 Å². The summed E-state index contributed by atoms with van der Waals surface area (Å²) in [5, 5.41) is 12.1. The molecule has 5 heteroatoms. The Kier molecular flexibility index (Phi) is 2.97. The zero-order valence-electron chi connectivity index (χ0n) is 11.2. The molecule has 3 rings (SSSR count). The number of nitrogens with zero attached hydrogens (tertiary/aromatic N) is 4. The van der Waals surface area contributed by atoms with Crippen molar-refractivity contribution in [3.05, 3.63) is 24.3 Å². The molecule has 1 fully saturated rings. The molecule has 0 spiro atoms. The number of hydrogen-bond acceptors (Lipinski definition) is 4. The van der Waals surface area contributed by atoms with Crippen molar-refractivity contribution in [3.63, 3.8) is 0 Å². The maximum Gasteiger partial charge on any atom is 0.182 e. The van der Waals surface area contributed by atoms with Gasteiger partial charge < -0.3 is 5.73 Å². The van der Waals surface area contributed by atoms with E-state index in [0.29, 0.717) is 5.41 Å². The van der Waals surface area contributed by atoms with Crippen molar-refractivity contribution < 1.29 is 0 Å². The molecule has 0 atom stereocenters. The zero-order chi connectivity index (χ0) is 13.3. The second-order valence-corrected chi connectivity index (χ2v) is 5.80. The lowest BCUT2D eigenvalue weighted by Crippen LogP contribution is -2.21. The topological polar surface area (TPSA) is 69.6 Å². The lowest BCUT2D eigenvalue weighted by Gasteiger charge is -2.23. The number of benzene rings is 1. The number of rotatable bonds is 3. The van der Waals surface area contributed by atoms with E-state index >= 15 is 0 Å². The first-order chi connectivity index (χ1) is 9.16. The molecule has 2 N–H and O–H groups in total. The van der Waals surface area contributed by atoms with Crippen LogP contribution in [-0.2, 0) is 6.54 Å². The van der Waals surface area contributed by atoms with E-state index in [0.717, 1.165) is 23.6 Å². The minimum Gasteiger partial charge on any atom is -0.399 e. The Balaban J connectivity index is 1.90. The van der Waals surface area contributed by atoms with Crippen LogP contribution in [0, 0.1) is 5.41 Å². The third-order valence-electron chi connectivity index (χ3n) is 4.02. The van der Waals surface area contributed by atoms with Gasteiger partial charge in [0.25, 0.3) is 0 Å². The number of hydrogen-bond donors (Lipinski definition) is 1. The summed E-state index contributed by atoms with van der Waals surface area (Å²) in [5.74, 6) is 0.806. The molecule has 0 bridgehead atoms. The van der Waals surface area contributed by atoms with Gasteiger partial charge in [-0.1, -0.05) is 31.9 Å². The summed E-state index contributed by atoms with van der Waals surface area (Å²) in [6, 6.07) is 7.71. The Morgan fingerprint density at radius 3 is 2.84 bits per heavy atom. The van der Waals surface area contributed by atoms with Gasteiger partial charge in [0.05, 0.1) is 6.54 Å². The predicted molar refractivity (Wildman–Crippen MR) is 74.2 cm³/mol. The van der Waals surface area contributed by atoms with Gasteiger partial charge >= 0.3 is 0 Å². The Bertz CT molecular complexity index is 569. The molecule has 1 aliphatic rings. The molecule has 1 aliphatic carbocycles. The van der Waals surface area contributed by atoms with Gasteiger partial charge in [0, 0.05) is 11.3 Å². The fraction of sp³-hybridized carbons (Fsp3) is 0.500. The first kappa shape index (κ1) is 12.1. The SMILES string of the molecule is CC1(Cn2nnnc2-c2cccc(N)c2)CCCC1. The molecule has 1 aromatic carbocycles. The van der Waals surface area contributed by atoms with E-state index in [9.17, 15) is 0 Å². The molecule has 1 aromatic heterocycles. The Hall–Kier alpha value is -1.91. The van der Waals surface area contributed by atoms with Crippen molar-refractivity contribution in [1.29, 1.82) is 0 Å². The van der Waals surface area contributed by atoms with E-state index in [2.05, 4.69) is 22.4 Å². The highest BCUT2D eigenvalue weighted by Gasteiger charge is 2.30. The van der Waals surface area contributed by atoms with Crippen molar-refractivity contribution >= 4 is 5.69 Å². The summed E-state index contributed by atoms with van der Waals surface area (Å²) in [6.07, 6.45) is 5.13. The van der Waals surface area contributed by atoms with Crippen LogP contribution in [0.15, 0.2) is 24.3 Å². The van der Waals surface area contributed by atoms with Crippen LogP contribution in [0.1, 0.15) is 32.6 Å². The average molecular weight is 257 g/mol. The molecule has 0 unspecified atom stereocenters. The molecular formula is C14H19N5. The van der Waals surface area contributed by atoms with Crippen molar-refractivity contribution in [2.75, 3.05) is 5.73 Å². The fourth-order valence-electron chi connectivity index (χ4n) is 2.94. The van der Waals surface area contributed by atoms with E-state index in [1.165, 1.54) is 25.7 Å². The van der Waals surface area contributed by atoms with Crippen molar-refractivity contribution in [1.82, 2.24) is 20.2 Å². The molecule has 0 amide bonds. The molecule has 0 aliphatic heterocycles. The zero-order valence-corrected chi connectivity index (χ0v) is 11.2. The second kappa shape index (κ2) is 4.64. The van der Waals surface area contributed by atoms with Gasteiger partial charge in [-0.2, -0.15) is 0 Å². The molecule has 2 aromatic rings. The van der Waals surface area contributed by atoms with Crippen LogP contribution in [-0.4, -0.2) is 20.2 Å². The fourth-order valence-corrected chi connectivity index (χ4v) is 2.94. The van der Waals surface area contributed by atoms with Crippen molar-refractivity contribution in [2.45, 2.75) is 39.2 Å². The highest BCUT2D eigenvalue weighted by Crippen LogP contribution is 2.39. The van der Waals surface area contributed by atoms with E-state index in [1.807, 2.05) is 28.9 Å². The summed E-state index contributed by atoms with van der Waals surface area (Å²) in [6.45, 7) is 3.20. The number of anilines is 1. The van der Waals surface area contributed by atoms with Crippen LogP contribution in [0.3, 0.4) is 0 Å². The standard InChI is InChI=1S/C14H19N5/c1-14(7-2-3-8-14)10-19-13(16-17-18-19)11-5-4-6-12(15)9-11/h4-6,9H,2-3,7-8,10,15H2,1H3. The van der Waals surface area contributed by atoms with Crippen LogP contribution in [0.2, 0.25) is 0 Å². The second-order valence-electron chi connectivity index (χ2n) is 5.80. The maximum atomic E-state index is 5.83. The summed E-state index contributed by atoms with van der Waals surface area (Å²) in [7, 11) is 0. The minimum absolute atomic E-state index is 0.324. The summed E-state index contributed by atoms with van der Waals surface area (Å²) < 4.78 is 1.92. The van der Waals surface area contributed by atoms with Gasteiger partial charge in [-0.15, -0.1) is 5.10 Å². The average Bonchev–Trinajstić information content (AvgIpc) is 2.99. The number of nitrogens with two attached hydrogens (primary N) is 1. The molecule has 0 radical (unpaired) electrons. The van der Waals surface area contributed by atoms with Crippen LogP contribution in [0.4, 0.5) is 5.69 Å². The largest absolute Gasteiger partial charge is 0.399 e. The molecule has 5 nitrogen and oxygen atoms in total. The van der Waals surface area contributed by atoms with Crippen molar-refractivity contribution in [2.24, 2.45) is 5.41 Å². The van der Waals surface area contributed by atoms with Crippen LogP contribution >= 0.6 is 0 Å². The number of tetrazole rings is 1. The summed E-state index contributed by atoms with van der Waals surface area (Å²) in [5.41, 5.74) is 7.86. The lowest BCUT2D eigenvalue weighted by molar-refractivity contribution is 0.267. The van der Waals surface area contributed by atoms with Gasteiger partial charge in [0.15, 0.2) is 5.82 Å². The molecule has 0 saturated heterocycles. The van der Waals surface area contributed by atoms with E-state index in [-0.39, 0.29) is 0 Å². The third-order valence-corrected chi connectivity index (χ3v) is 4.02. The number of aromatic nitrogens is 4. The van der Waals surface area contributed by atoms with E-state index in [1.54, 1.807) is 0 Å². The van der Waals surface area contributed by atoms with Crippen molar-refractivity contribution in [3.8, 4) is 11.4 Å². The van der Waals surface area contributed by atoms with E-state index in [4.69, 9.17) is 5.73 Å². The molecular weight excluding hydrogens is 238 g/mol. The van der Waals surface area contributed by atoms with Crippen LogP contribution < -0.4 is 5.73 Å². The van der Waals surface area contributed by atoms with Crippen LogP contribution in [0.25, 0.3) is 11.4 Å². The summed E-state index contributed by atoms with van der Waals surface area (Å²) in [4.78, 5) is 0. The Morgan fingerprint density at radius 2 is 2.11 bits per heavy atom. The molecule has 1 saturated carbocycles. The quantitative estimate of drug-likeness (QED) is 0.858. The number of nitrogen functional groups attached to an aromatic ring is 1. The Labute approximate surface area is 112 Å². The third kappa shape index (κ3) is 2.45. The van der Waals surface area contributed by atoms with Crippen LogP contribution in [0.5, 0.6) is 0 Å². The van der Waals surface area contributed by atoms with Gasteiger partial charge in [-0.3, -0.25) is 0 Å². The normalized spacial score (nSPS) is 17.7. The highest BCUT2D eigenvalue weighted by molar-refractivity contribution is 5.60. The first-order valence-electron chi connectivity index (χ1n) is 6.78. The Morgan fingerprint density at radius 1 is 1.32 bits per heavy atom. The molecule has 1 heterocycles. The predicted octanol–water partition coefficient (Wildman–Crippen LogP) is 2.50. The minimum atomic E-state index is 0.324. The van der Waals surface area contributed by atoms with Gasteiger partial charge in [-0.25, -0.2) is 4.68 Å². The van der Waals surface area contributed by atoms with Gasteiger partial charge in [0.1, 0.15) is 0 Å². The smallest absolute Gasteiger partial charge is 0.182 e. The van der Waals surface area contributed by atoms with E-state index < -0.39 is 0 Å². The molecule has 100 valence electrons. The molecule has 19 heavy (non-hydrogen) atoms. The maximum absolute atomic E-state index is 5.83. The summed E-state index contributed by atoms with van der Waals surface area (Å²) >= 11 is 0.